The molecular weight excluding hydrogens is 380 g/mol. The van der Waals surface area contributed by atoms with Crippen molar-refractivity contribution in [2.45, 2.75) is 53.1 Å². The fourth-order valence-corrected chi connectivity index (χ4v) is 2.99. The molecule has 0 aliphatic rings. The first-order chi connectivity index (χ1) is 13.7. The molecule has 1 aromatic carbocycles. The van der Waals surface area contributed by atoms with Crippen LogP contribution in [0.4, 0.5) is 8.78 Å². The third-order valence-corrected chi connectivity index (χ3v) is 4.54. The zero-order valence-corrected chi connectivity index (χ0v) is 17.2. The molecule has 1 aromatic heterocycles. The Labute approximate surface area is 169 Å². The van der Waals surface area contributed by atoms with Crippen LogP contribution in [0, 0.1) is 17.6 Å². The van der Waals surface area contributed by atoms with E-state index in [0.717, 1.165) is 18.2 Å². The van der Waals surface area contributed by atoms with Crippen molar-refractivity contribution < 1.29 is 22.9 Å². The van der Waals surface area contributed by atoms with Crippen molar-refractivity contribution in [1.29, 1.82) is 0 Å². The number of aromatic nitrogens is 1. The first kappa shape index (κ1) is 22.5. The van der Waals surface area contributed by atoms with Crippen LogP contribution in [0.25, 0.3) is 0 Å². The molecule has 158 valence electrons. The van der Waals surface area contributed by atoms with Gasteiger partial charge in [0.05, 0.1) is 6.54 Å². The predicted molar refractivity (Wildman–Crippen MR) is 104 cm³/mol. The lowest BCUT2D eigenvalue weighted by Crippen LogP contribution is -2.39. The lowest BCUT2D eigenvalue weighted by molar-refractivity contribution is 0.0626. The Balaban J connectivity index is 2.23. The standard InChI is InChI=1S/C21H27F2N3O3/c1-5-17(6-2)26(21(28)14-7-15(22)9-16(23)8-14)12-18-10-19(25-29-18)20(27)24-11-13(3)4/h7-10,13,17H,5-6,11-12H2,1-4H3,(H,24,27). The van der Waals surface area contributed by atoms with Crippen molar-refractivity contribution in [3.63, 3.8) is 0 Å². The second-order valence-electron chi connectivity index (χ2n) is 7.34. The zero-order chi connectivity index (χ0) is 21.6. The summed E-state index contributed by atoms with van der Waals surface area (Å²) in [6.45, 7) is 8.33. The fourth-order valence-electron chi connectivity index (χ4n) is 2.99. The van der Waals surface area contributed by atoms with E-state index in [9.17, 15) is 18.4 Å². The first-order valence-electron chi connectivity index (χ1n) is 9.75. The number of carbonyl (C=O) groups excluding carboxylic acids is 2. The number of halogens is 2. The van der Waals surface area contributed by atoms with Gasteiger partial charge in [0, 0.05) is 30.3 Å². The van der Waals surface area contributed by atoms with Gasteiger partial charge >= 0.3 is 0 Å². The lowest BCUT2D eigenvalue weighted by atomic mass is 10.1. The summed E-state index contributed by atoms with van der Waals surface area (Å²) in [7, 11) is 0. The minimum absolute atomic E-state index is 0.0355. The van der Waals surface area contributed by atoms with Gasteiger partial charge in [-0.15, -0.1) is 0 Å². The molecule has 29 heavy (non-hydrogen) atoms. The summed E-state index contributed by atoms with van der Waals surface area (Å²) in [5, 5.41) is 6.52. The molecule has 0 aliphatic heterocycles. The van der Waals surface area contributed by atoms with Gasteiger partial charge in [-0.3, -0.25) is 9.59 Å². The predicted octanol–water partition coefficient (Wildman–Crippen LogP) is 4.17. The van der Waals surface area contributed by atoms with E-state index < -0.39 is 17.5 Å². The summed E-state index contributed by atoms with van der Waals surface area (Å²) >= 11 is 0. The first-order valence-corrected chi connectivity index (χ1v) is 9.75. The van der Waals surface area contributed by atoms with Crippen LogP contribution in [0.2, 0.25) is 0 Å². The van der Waals surface area contributed by atoms with Crippen molar-refractivity contribution in [2.75, 3.05) is 6.54 Å². The Hall–Kier alpha value is -2.77. The molecule has 6 nitrogen and oxygen atoms in total. The van der Waals surface area contributed by atoms with Crippen LogP contribution >= 0.6 is 0 Å². The quantitative estimate of drug-likeness (QED) is 0.677. The van der Waals surface area contributed by atoms with Gasteiger partial charge in [-0.05, 0) is 30.9 Å². The van der Waals surface area contributed by atoms with Gasteiger partial charge in [-0.2, -0.15) is 0 Å². The number of nitrogens with zero attached hydrogens (tertiary/aromatic N) is 2. The summed E-state index contributed by atoms with van der Waals surface area (Å²) in [6.07, 6.45) is 1.30. The molecule has 0 spiro atoms. The maximum absolute atomic E-state index is 13.6. The van der Waals surface area contributed by atoms with Gasteiger partial charge in [0.25, 0.3) is 11.8 Å². The molecule has 0 unspecified atom stereocenters. The van der Waals surface area contributed by atoms with Crippen LogP contribution < -0.4 is 5.32 Å². The van der Waals surface area contributed by atoms with E-state index in [1.807, 2.05) is 27.7 Å². The maximum Gasteiger partial charge on any atom is 0.273 e. The lowest BCUT2D eigenvalue weighted by Gasteiger charge is -2.29. The van der Waals surface area contributed by atoms with E-state index in [4.69, 9.17) is 4.52 Å². The summed E-state index contributed by atoms with van der Waals surface area (Å²) in [6, 6.07) is 4.04. The molecule has 0 bridgehead atoms. The van der Waals surface area contributed by atoms with Gasteiger partial charge in [0.15, 0.2) is 11.5 Å². The average molecular weight is 407 g/mol. The molecule has 0 radical (unpaired) electrons. The van der Waals surface area contributed by atoms with Crippen molar-refractivity contribution in [1.82, 2.24) is 15.4 Å². The molecule has 0 saturated carbocycles. The van der Waals surface area contributed by atoms with E-state index in [-0.39, 0.29) is 29.8 Å². The third-order valence-electron chi connectivity index (χ3n) is 4.54. The highest BCUT2D eigenvalue weighted by Gasteiger charge is 2.26. The topological polar surface area (TPSA) is 75.4 Å². The van der Waals surface area contributed by atoms with Crippen LogP contribution in [0.15, 0.2) is 28.8 Å². The molecular formula is C21H27F2N3O3. The van der Waals surface area contributed by atoms with E-state index in [2.05, 4.69) is 10.5 Å². The SMILES string of the molecule is CCC(CC)N(Cc1cc(C(=O)NCC(C)C)no1)C(=O)c1cc(F)cc(F)c1. The van der Waals surface area contributed by atoms with Crippen LogP contribution in [0.3, 0.4) is 0 Å². The van der Waals surface area contributed by atoms with Crippen molar-refractivity contribution in [2.24, 2.45) is 5.92 Å². The van der Waals surface area contributed by atoms with E-state index in [1.165, 1.54) is 11.0 Å². The van der Waals surface area contributed by atoms with Gasteiger partial charge in [-0.1, -0.05) is 32.9 Å². The number of hydrogen-bond acceptors (Lipinski definition) is 4. The van der Waals surface area contributed by atoms with Gasteiger partial charge < -0.3 is 14.7 Å². The average Bonchev–Trinajstić information content (AvgIpc) is 3.13. The van der Waals surface area contributed by atoms with E-state index in [1.54, 1.807) is 0 Å². The summed E-state index contributed by atoms with van der Waals surface area (Å²) in [5.41, 5.74) is 0.0400. The number of nitrogens with one attached hydrogen (secondary N) is 1. The molecule has 1 heterocycles. The Morgan fingerprint density at radius 2 is 1.72 bits per heavy atom. The summed E-state index contributed by atoms with van der Waals surface area (Å²) in [5.74, 6) is -1.90. The van der Waals surface area contributed by atoms with Crippen LogP contribution in [-0.4, -0.2) is 34.5 Å². The minimum atomic E-state index is -0.818. The molecule has 2 rings (SSSR count). The monoisotopic (exact) mass is 407 g/mol. The largest absolute Gasteiger partial charge is 0.359 e. The van der Waals surface area contributed by atoms with Gasteiger partial charge in [0.2, 0.25) is 0 Å². The van der Waals surface area contributed by atoms with Crippen molar-refractivity contribution >= 4 is 11.8 Å². The summed E-state index contributed by atoms with van der Waals surface area (Å²) in [4.78, 5) is 26.6. The maximum atomic E-state index is 13.6. The Morgan fingerprint density at radius 3 is 2.28 bits per heavy atom. The van der Waals surface area contributed by atoms with E-state index in [0.29, 0.717) is 31.1 Å². The van der Waals surface area contributed by atoms with Crippen LogP contribution in [0.5, 0.6) is 0 Å². The Kier molecular flexibility index (Phi) is 7.87. The number of amides is 2. The number of hydrogen-bond donors (Lipinski definition) is 1. The van der Waals surface area contributed by atoms with E-state index >= 15 is 0 Å². The number of benzene rings is 1. The van der Waals surface area contributed by atoms with Crippen molar-refractivity contribution in [3.8, 4) is 0 Å². The van der Waals surface area contributed by atoms with Crippen molar-refractivity contribution in [3.05, 3.63) is 52.9 Å². The minimum Gasteiger partial charge on any atom is -0.359 e. The molecule has 0 fully saturated rings. The second-order valence-corrected chi connectivity index (χ2v) is 7.34. The fraction of sp³-hybridized carbons (Fsp3) is 0.476. The Morgan fingerprint density at radius 1 is 1.10 bits per heavy atom. The molecule has 8 heteroatoms. The second kappa shape index (κ2) is 10.1. The highest BCUT2D eigenvalue weighted by molar-refractivity contribution is 5.94. The smallest absolute Gasteiger partial charge is 0.273 e. The molecule has 0 aliphatic carbocycles. The molecule has 0 saturated heterocycles. The molecule has 2 amide bonds. The zero-order valence-electron chi connectivity index (χ0n) is 17.2. The molecule has 2 aromatic rings. The van der Waals surface area contributed by atoms with Crippen LogP contribution in [-0.2, 0) is 6.54 Å². The van der Waals surface area contributed by atoms with Gasteiger partial charge in [-0.25, -0.2) is 8.78 Å². The number of carbonyl (C=O) groups is 2. The number of rotatable bonds is 9. The highest BCUT2D eigenvalue weighted by atomic mass is 19.1. The summed E-state index contributed by atoms with van der Waals surface area (Å²) < 4.78 is 32.4. The highest BCUT2D eigenvalue weighted by Crippen LogP contribution is 2.19. The molecule has 1 N–H and O–H groups in total. The third kappa shape index (κ3) is 6.10. The Bertz CT molecular complexity index is 827. The molecule has 0 atom stereocenters. The normalized spacial score (nSPS) is 11.2. The van der Waals surface area contributed by atoms with Gasteiger partial charge in [0.1, 0.15) is 11.6 Å². The van der Waals surface area contributed by atoms with Crippen LogP contribution in [0.1, 0.15) is 67.1 Å².